The number of rotatable bonds is 7. The van der Waals surface area contributed by atoms with E-state index in [1.165, 1.54) is 0 Å². The molecule has 0 bridgehead atoms. The van der Waals surface area contributed by atoms with Gasteiger partial charge >= 0.3 is 0 Å². The van der Waals surface area contributed by atoms with Gasteiger partial charge in [0.25, 0.3) is 11.8 Å². The molecule has 7 nitrogen and oxygen atoms in total. The predicted octanol–water partition coefficient (Wildman–Crippen LogP) is 4.25. The van der Waals surface area contributed by atoms with Gasteiger partial charge < -0.3 is 19.4 Å². The van der Waals surface area contributed by atoms with Crippen molar-refractivity contribution in [2.24, 2.45) is 0 Å². The highest BCUT2D eigenvalue weighted by Crippen LogP contribution is 2.32. The molecule has 1 fully saturated rings. The van der Waals surface area contributed by atoms with Crippen LogP contribution in [-0.4, -0.2) is 60.9 Å². The number of nitrogens with zero attached hydrogens (tertiary/aromatic N) is 2. The third kappa shape index (κ3) is 4.62. The third-order valence-electron chi connectivity index (χ3n) is 5.66. The van der Waals surface area contributed by atoms with Gasteiger partial charge in [-0.15, -0.1) is 0 Å². The van der Waals surface area contributed by atoms with Crippen molar-refractivity contribution in [3.05, 3.63) is 59.9 Å². The van der Waals surface area contributed by atoms with E-state index < -0.39 is 0 Å². The number of ether oxygens (including phenoxy) is 1. The average Bonchev–Trinajstić information content (AvgIpc) is 3.18. The van der Waals surface area contributed by atoms with E-state index in [9.17, 15) is 9.59 Å². The van der Waals surface area contributed by atoms with Crippen molar-refractivity contribution in [2.75, 3.05) is 44.6 Å². The second kappa shape index (κ2) is 9.87. The van der Waals surface area contributed by atoms with Gasteiger partial charge in [0.05, 0.1) is 6.61 Å². The molecule has 0 aliphatic carbocycles. The highest BCUT2D eigenvalue weighted by Gasteiger charge is 2.28. The number of anilines is 1. The topological polar surface area (TPSA) is 75.0 Å². The molecule has 0 saturated carbocycles. The van der Waals surface area contributed by atoms with Crippen molar-refractivity contribution in [3.63, 3.8) is 0 Å². The molecule has 0 spiro atoms. The number of fused-ring (bicyclic) bond motifs is 1. The summed E-state index contributed by atoms with van der Waals surface area (Å²) in [6.45, 7) is 8.63. The number of amides is 2. The lowest BCUT2D eigenvalue weighted by Gasteiger charge is -2.34. The second-order valence-corrected chi connectivity index (χ2v) is 7.85. The minimum Gasteiger partial charge on any atom is -0.494 e. The molecule has 0 atom stereocenters. The lowest BCUT2D eigenvalue weighted by atomic mass is 10.1. The maximum absolute atomic E-state index is 13.3. The standard InChI is InChI=1S/C25H29N3O4/c1-3-13-27-14-16-28(17-15-27)25(30)23-22(20-7-5-6-8-21(20)32-23)26-24(29)18-9-11-19(12-10-18)31-4-2/h5-12H,3-4,13-17H2,1-2H3,(H,26,29). The summed E-state index contributed by atoms with van der Waals surface area (Å²) in [5.41, 5.74) is 1.47. The van der Waals surface area contributed by atoms with Gasteiger partial charge in [0, 0.05) is 37.1 Å². The van der Waals surface area contributed by atoms with Gasteiger partial charge in [-0.25, -0.2) is 0 Å². The number of carbonyl (C=O) groups is 2. The van der Waals surface area contributed by atoms with Gasteiger partial charge in [-0.3, -0.25) is 14.5 Å². The van der Waals surface area contributed by atoms with E-state index in [4.69, 9.17) is 9.15 Å². The van der Waals surface area contributed by atoms with Crippen LogP contribution in [0.4, 0.5) is 5.69 Å². The van der Waals surface area contributed by atoms with Gasteiger partial charge in [-0.05, 0) is 56.3 Å². The number of carbonyl (C=O) groups excluding carboxylic acids is 2. The molecule has 1 aromatic heterocycles. The average molecular weight is 436 g/mol. The first-order valence-corrected chi connectivity index (χ1v) is 11.2. The summed E-state index contributed by atoms with van der Waals surface area (Å²) in [7, 11) is 0. The van der Waals surface area contributed by atoms with E-state index >= 15 is 0 Å². The van der Waals surface area contributed by atoms with Gasteiger partial charge in [-0.2, -0.15) is 0 Å². The van der Waals surface area contributed by atoms with Crippen LogP contribution in [0, 0.1) is 0 Å². The monoisotopic (exact) mass is 435 g/mol. The number of para-hydroxylation sites is 1. The zero-order valence-electron chi connectivity index (χ0n) is 18.6. The molecule has 168 valence electrons. The molecule has 1 aliphatic rings. The minimum atomic E-state index is -0.304. The van der Waals surface area contributed by atoms with Crippen LogP contribution in [0.25, 0.3) is 11.0 Å². The van der Waals surface area contributed by atoms with Crippen LogP contribution < -0.4 is 10.1 Å². The van der Waals surface area contributed by atoms with Crippen LogP contribution in [0.2, 0.25) is 0 Å². The van der Waals surface area contributed by atoms with Gasteiger partial charge in [0.2, 0.25) is 5.76 Å². The van der Waals surface area contributed by atoms with Crippen LogP contribution in [0.3, 0.4) is 0 Å². The van der Waals surface area contributed by atoms with Crippen LogP contribution >= 0.6 is 0 Å². The Morgan fingerprint density at radius 1 is 1.00 bits per heavy atom. The summed E-state index contributed by atoms with van der Waals surface area (Å²) >= 11 is 0. The minimum absolute atomic E-state index is 0.175. The van der Waals surface area contributed by atoms with Crippen molar-refractivity contribution in [2.45, 2.75) is 20.3 Å². The molecule has 2 amide bonds. The largest absolute Gasteiger partial charge is 0.494 e. The van der Waals surface area contributed by atoms with E-state index in [2.05, 4.69) is 17.1 Å². The van der Waals surface area contributed by atoms with Crippen LogP contribution in [-0.2, 0) is 0 Å². The SMILES string of the molecule is CCCN1CCN(C(=O)c2oc3ccccc3c2NC(=O)c2ccc(OCC)cc2)CC1. The summed E-state index contributed by atoms with van der Waals surface area (Å²) < 4.78 is 11.4. The Kier molecular flexibility index (Phi) is 6.75. The van der Waals surface area contributed by atoms with Crippen LogP contribution in [0.1, 0.15) is 41.2 Å². The summed E-state index contributed by atoms with van der Waals surface area (Å²) in [5.74, 6) is 0.381. The summed E-state index contributed by atoms with van der Waals surface area (Å²) in [5, 5.41) is 3.63. The number of furan rings is 1. The first-order chi connectivity index (χ1) is 15.6. The second-order valence-electron chi connectivity index (χ2n) is 7.85. The van der Waals surface area contributed by atoms with Crippen molar-refractivity contribution in [1.29, 1.82) is 0 Å². The van der Waals surface area contributed by atoms with Crippen LogP contribution in [0.5, 0.6) is 5.75 Å². The van der Waals surface area contributed by atoms with Gasteiger partial charge in [0.1, 0.15) is 17.0 Å². The van der Waals surface area contributed by atoms with Gasteiger partial charge in [-0.1, -0.05) is 19.1 Å². The maximum Gasteiger partial charge on any atom is 0.291 e. The Balaban J connectivity index is 1.58. The Labute approximate surface area is 187 Å². The zero-order chi connectivity index (χ0) is 22.5. The summed E-state index contributed by atoms with van der Waals surface area (Å²) in [4.78, 5) is 30.5. The number of benzene rings is 2. The zero-order valence-corrected chi connectivity index (χ0v) is 18.6. The van der Waals surface area contributed by atoms with Crippen molar-refractivity contribution in [1.82, 2.24) is 9.80 Å². The fraction of sp³-hybridized carbons (Fsp3) is 0.360. The predicted molar refractivity (Wildman–Crippen MR) is 124 cm³/mol. The molecule has 3 aromatic rings. The molecule has 2 heterocycles. The number of piperazine rings is 1. The highest BCUT2D eigenvalue weighted by atomic mass is 16.5. The molecular formula is C25H29N3O4. The number of hydrogen-bond donors (Lipinski definition) is 1. The maximum atomic E-state index is 13.3. The first-order valence-electron chi connectivity index (χ1n) is 11.2. The summed E-state index contributed by atoms with van der Waals surface area (Å²) in [6, 6.07) is 14.3. The molecule has 32 heavy (non-hydrogen) atoms. The fourth-order valence-corrected chi connectivity index (χ4v) is 4.01. The third-order valence-corrected chi connectivity index (χ3v) is 5.66. The molecule has 0 unspecified atom stereocenters. The molecule has 4 rings (SSSR count). The lowest BCUT2D eigenvalue weighted by molar-refractivity contribution is 0.0610. The van der Waals surface area contributed by atoms with E-state index in [0.29, 0.717) is 47.7 Å². The smallest absolute Gasteiger partial charge is 0.291 e. The molecule has 1 saturated heterocycles. The Hall–Kier alpha value is -3.32. The van der Waals surface area contributed by atoms with E-state index in [1.54, 1.807) is 35.2 Å². The molecule has 7 heteroatoms. The molecular weight excluding hydrogens is 406 g/mol. The highest BCUT2D eigenvalue weighted by molar-refractivity contribution is 6.14. The fourth-order valence-electron chi connectivity index (χ4n) is 4.01. The Bertz CT molecular complexity index is 1080. The van der Waals surface area contributed by atoms with Crippen molar-refractivity contribution < 1.29 is 18.7 Å². The summed E-state index contributed by atoms with van der Waals surface area (Å²) in [6.07, 6.45) is 1.10. The van der Waals surface area contributed by atoms with E-state index in [0.717, 1.165) is 26.1 Å². The molecule has 1 aliphatic heterocycles. The van der Waals surface area contributed by atoms with Crippen molar-refractivity contribution >= 4 is 28.5 Å². The normalized spacial score (nSPS) is 14.5. The van der Waals surface area contributed by atoms with Crippen LogP contribution in [0.15, 0.2) is 52.9 Å². The molecule has 0 radical (unpaired) electrons. The van der Waals surface area contributed by atoms with Gasteiger partial charge in [0.15, 0.2) is 0 Å². The molecule has 1 N–H and O–H groups in total. The Morgan fingerprint density at radius 3 is 2.41 bits per heavy atom. The first kappa shape index (κ1) is 21.9. The number of nitrogens with one attached hydrogen (secondary N) is 1. The van der Waals surface area contributed by atoms with E-state index in [1.807, 2.05) is 25.1 Å². The van der Waals surface area contributed by atoms with Crippen molar-refractivity contribution in [3.8, 4) is 5.75 Å². The van der Waals surface area contributed by atoms with E-state index in [-0.39, 0.29) is 17.6 Å². The molecule has 2 aromatic carbocycles. The lowest BCUT2D eigenvalue weighted by Crippen LogP contribution is -2.48. The quantitative estimate of drug-likeness (QED) is 0.600. The number of hydrogen-bond acceptors (Lipinski definition) is 5. The Morgan fingerprint density at radius 2 is 1.72 bits per heavy atom.